The first-order valence-corrected chi connectivity index (χ1v) is 8.23. The Morgan fingerprint density at radius 1 is 1.32 bits per heavy atom. The van der Waals surface area contributed by atoms with Gasteiger partial charge in [-0.25, -0.2) is 4.72 Å². The Morgan fingerprint density at radius 3 is 2.37 bits per heavy atom. The lowest BCUT2D eigenvalue weighted by molar-refractivity contribution is -0.140. The Balaban J connectivity index is 2.93. The van der Waals surface area contributed by atoms with Crippen LogP contribution < -0.4 is 4.72 Å². The second-order valence-corrected chi connectivity index (χ2v) is 7.01. The number of hydrogen-bond acceptors (Lipinski definition) is 3. The Bertz CT molecular complexity index is 402. The Morgan fingerprint density at radius 2 is 1.89 bits per heavy atom. The molecule has 1 saturated carbocycles. The zero-order chi connectivity index (χ0) is 14.5. The molecule has 0 radical (unpaired) electrons. The number of carboxylic acid groups (broad SMARTS) is 1. The van der Waals surface area contributed by atoms with Crippen molar-refractivity contribution in [3.05, 3.63) is 0 Å². The van der Waals surface area contributed by atoms with Crippen LogP contribution >= 0.6 is 0 Å². The minimum absolute atomic E-state index is 0.128. The molecular weight excluding hydrogens is 268 g/mol. The van der Waals surface area contributed by atoms with E-state index in [0.29, 0.717) is 25.8 Å². The molecule has 0 aromatic heterocycles. The first kappa shape index (κ1) is 16.4. The van der Waals surface area contributed by atoms with Crippen molar-refractivity contribution in [1.29, 1.82) is 0 Å². The van der Waals surface area contributed by atoms with Gasteiger partial charge in [-0.1, -0.05) is 26.2 Å². The average Bonchev–Trinajstić information content (AvgIpc) is 2.36. The molecule has 0 aromatic rings. The molecule has 2 N–H and O–H groups in total. The molecule has 0 saturated heterocycles. The van der Waals surface area contributed by atoms with Gasteiger partial charge >= 0.3 is 5.97 Å². The molecule has 0 bridgehead atoms. The van der Waals surface area contributed by atoms with Crippen LogP contribution in [0, 0.1) is 0 Å². The van der Waals surface area contributed by atoms with E-state index in [4.69, 9.17) is 5.11 Å². The van der Waals surface area contributed by atoms with Crippen LogP contribution in [0.2, 0.25) is 0 Å². The van der Waals surface area contributed by atoms with Gasteiger partial charge in [0.05, 0.1) is 6.42 Å². The molecular formula is C12H24N2O4S. The fourth-order valence-electron chi connectivity index (χ4n) is 2.68. The van der Waals surface area contributed by atoms with Crippen LogP contribution in [0.25, 0.3) is 0 Å². The third-order valence-electron chi connectivity index (χ3n) is 3.83. The Hall–Kier alpha value is -0.660. The fraction of sp³-hybridized carbons (Fsp3) is 0.917. The summed E-state index contributed by atoms with van der Waals surface area (Å²) in [6.07, 6.45) is 4.60. The molecule has 7 heteroatoms. The molecule has 1 aliphatic carbocycles. The largest absolute Gasteiger partial charge is 0.481 e. The van der Waals surface area contributed by atoms with Gasteiger partial charge in [0.2, 0.25) is 0 Å². The highest BCUT2D eigenvalue weighted by atomic mass is 32.2. The SMILES string of the molecule is CCCNS(=O)(=O)N(C)C1(CC(=O)O)CCCCC1. The third-order valence-corrected chi connectivity index (χ3v) is 5.50. The van der Waals surface area contributed by atoms with E-state index < -0.39 is 21.7 Å². The van der Waals surface area contributed by atoms with Gasteiger partial charge in [-0.3, -0.25) is 4.79 Å². The lowest BCUT2D eigenvalue weighted by atomic mass is 9.79. The highest BCUT2D eigenvalue weighted by molar-refractivity contribution is 7.87. The van der Waals surface area contributed by atoms with Crippen molar-refractivity contribution in [2.75, 3.05) is 13.6 Å². The van der Waals surface area contributed by atoms with Crippen LogP contribution in [-0.4, -0.2) is 42.9 Å². The quantitative estimate of drug-likeness (QED) is 0.741. The summed E-state index contributed by atoms with van der Waals surface area (Å²) in [6, 6.07) is 0. The van der Waals surface area contributed by atoms with Crippen LogP contribution in [0.15, 0.2) is 0 Å². The predicted molar refractivity (Wildman–Crippen MR) is 73.0 cm³/mol. The number of carboxylic acids is 1. The molecule has 1 rings (SSSR count). The first-order chi connectivity index (χ1) is 8.84. The van der Waals surface area contributed by atoms with E-state index in [-0.39, 0.29) is 6.42 Å². The van der Waals surface area contributed by atoms with Crippen LogP contribution in [0.1, 0.15) is 51.9 Å². The summed E-state index contributed by atoms with van der Waals surface area (Å²) in [5.74, 6) is -0.945. The Labute approximate surface area is 115 Å². The lowest BCUT2D eigenvalue weighted by Crippen LogP contribution is -2.55. The van der Waals surface area contributed by atoms with E-state index in [1.54, 1.807) is 0 Å². The van der Waals surface area contributed by atoms with Crippen LogP contribution in [0.5, 0.6) is 0 Å². The van der Waals surface area contributed by atoms with Gasteiger partial charge < -0.3 is 5.11 Å². The lowest BCUT2D eigenvalue weighted by Gasteiger charge is -2.42. The molecule has 0 amide bonds. The zero-order valence-electron chi connectivity index (χ0n) is 11.7. The van der Waals surface area contributed by atoms with E-state index in [2.05, 4.69) is 4.72 Å². The summed E-state index contributed by atoms with van der Waals surface area (Å²) in [6.45, 7) is 2.26. The number of rotatable bonds is 7. The average molecular weight is 292 g/mol. The van der Waals surface area contributed by atoms with Gasteiger partial charge in [-0.2, -0.15) is 12.7 Å². The van der Waals surface area contributed by atoms with Crippen molar-refractivity contribution in [3.8, 4) is 0 Å². The summed E-state index contributed by atoms with van der Waals surface area (Å²) in [7, 11) is -2.11. The minimum Gasteiger partial charge on any atom is -0.481 e. The number of hydrogen-bond donors (Lipinski definition) is 2. The van der Waals surface area contributed by atoms with E-state index in [1.165, 1.54) is 11.4 Å². The maximum Gasteiger partial charge on any atom is 0.305 e. The van der Waals surface area contributed by atoms with Crippen molar-refractivity contribution >= 4 is 16.2 Å². The minimum atomic E-state index is -3.61. The Kier molecular flexibility index (Phi) is 5.76. The highest BCUT2D eigenvalue weighted by Crippen LogP contribution is 2.37. The number of carbonyl (C=O) groups is 1. The van der Waals surface area contributed by atoms with Gasteiger partial charge in [0, 0.05) is 19.1 Å². The van der Waals surface area contributed by atoms with Gasteiger partial charge in [-0.05, 0) is 19.3 Å². The van der Waals surface area contributed by atoms with Gasteiger partial charge in [0.25, 0.3) is 10.2 Å². The van der Waals surface area contributed by atoms with Crippen LogP contribution in [0.4, 0.5) is 0 Å². The van der Waals surface area contributed by atoms with Gasteiger partial charge in [0.15, 0.2) is 0 Å². The molecule has 0 atom stereocenters. The van der Waals surface area contributed by atoms with Gasteiger partial charge in [0.1, 0.15) is 0 Å². The standard InChI is InChI=1S/C12H24N2O4S/c1-3-9-13-19(17,18)14(2)12(10-11(15)16)7-5-4-6-8-12/h13H,3-10H2,1-2H3,(H,15,16). The van der Waals surface area contributed by atoms with E-state index in [1.807, 2.05) is 6.92 Å². The summed E-state index contributed by atoms with van der Waals surface area (Å²) >= 11 is 0. The molecule has 0 aromatic carbocycles. The first-order valence-electron chi connectivity index (χ1n) is 6.79. The number of nitrogens with one attached hydrogen (secondary N) is 1. The van der Waals surface area contributed by atoms with Crippen molar-refractivity contribution in [2.45, 2.75) is 57.4 Å². The van der Waals surface area contributed by atoms with Crippen molar-refractivity contribution in [2.24, 2.45) is 0 Å². The number of nitrogens with zero attached hydrogens (tertiary/aromatic N) is 1. The van der Waals surface area contributed by atoms with E-state index in [9.17, 15) is 13.2 Å². The number of aliphatic carboxylic acids is 1. The summed E-state index contributed by atoms with van der Waals surface area (Å²) in [5, 5.41) is 9.08. The van der Waals surface area contributed by atoms with Crippen molar-refractivity contribution < 1.29 is 18.3 Å². The van der Waals surface area contributed by atoms with E-state index in [0.717, 1.165) is 19.3 Å². The van der Waals surface area contributed by atoms with Crippen molar-refractivity contribution in [1.82, 2.24) is 9.03 Å². The normalized spacial score (nSPS) is 19.5. The smallest absolute Gasteiger partial charge is 0.305 e. The fourth-order valence-corrected chi connectivity index (χ4v) is 4.09. The molecule has 0 spiro atoms. The zero-order valence-corrected chi connectivity index (χ0v) is 12.5. The van der Waals surface area contributed by atoms with Gasteiger partial charge in [-0.15, -0.1) is 0 Å². The van der Waals surface area contributed by atoms with Crippen molar-refractivity contribution in [3.63, 3.8) is 0 Å². The monoisotopic (exact) mass is 292 g/mol. The second kappa shape index (κ2) is 6.67. The predicted octanol–water partition coefficient (Wildman–Crippen LogP) is 1.34. The third kappa shape index (κ3) is 4.15. The molecule has 0 unspecified atom stereocenters. The van der Waals surface area contributed by atoms with Crippen LogP contribution in [-0.2, 0) is 15.0 Å². The highest BCUT2D eigenvalue weighted by Gasteiger charge is 2.43. The second-order valence-electron chi connectivity index (χ2n) is 5.22. The maximum absolute atomic E-state index is 12.2. The molecule has 1 aliphatic rings. The maximum atomic E-state index is 12.2. The molecule has 0 aliphatic heterocycles. The summed E-state index contributed by atoms with van der Waals surface area (Å²) in [5.41, 5.74) is -0.774. The van der Waals surface area contributed by atoms with Crippen LogP contribution in [0.3, 0.4) is 0 Å². The molecule has 1 fully saturated rings. The summed E-state index contributed by atoms with van der Waals surface area (Å²) < 4.78 is 28.2. The molecule has 112 valence electrons. The van der Waals surface area contributed by atoms with E-state index >= 15 is 0 Å². The molecule has 0 heterocycles. The molecule has 19 heavy (non-hydrogen) atoms. The molecule has 6 nitrogen and oxygen atoms in total. The topological polar surface area (TPSA) is 86.7 Å². The summed E-state index contributed by atoms with van der Waals surface area (Å²) in [4.78, 5) is 11.1.